The molecule has 100 valence electrons. The molecule has 7 nitrogen and oxygen atoms in total. The van der Waals surface area contributed by atoms with Crippen LogP contribution in [0.3, 0.4) is 0 Å². The maximum atomic E-state index is 5.62. The summed E-state index contributed by atoms with van der Waals surface area (Å²) in [6.07, 6.45) is 0. The van der Waals surface area contributed by atoms with Crippen molar-refractivity contribution in [2.75, 3.05) is 51.8 Å². The van der Waals surface area contributed by atoms with Gasteiger partial charge in [-0.25, -0.2) is 0 Å². The molecule has 0 bridgehead atoms. The number of piperazine rings is 1. The minimum atomic E-state index is -0.170. The molecule has 2 aliphatic rings. The molecule has 1 aromatic heterocycles. The number of ether oxygens (including phenoxy) is 1. The van der Waals surface area contributed by atoms with Crippen molar-refractivity contribution < 1.29 is 9.15 Å². The summed E-state index contributed by atoms with van der Waals surface area (Å²) in [5.74, 6) is 0.444. The molecular weight excluding hydrogens is 234 g/mol. The fraction of sp³-hybridized carbons (Fsp3) is 0.818. The summed E-state index contributed by atoms with van der Waals surface area (Å²) in [7, 11) is 4.11. The number of likely N-dealkylation sites (N-methyl/N-ethyl adjacent to an activating group) is 1. The second-order valence-electron chi connectivity index (χ2n) is 5.00. The predicted molar refractivity (Wildman–Crippen MR) is 65.2 cm³/mol. The fourth-order valence-electron chi connectivity index (χ4n) is 2.45. The van der Waals surface area contributed by atoms with Crippen LogP contribution >= 0.6 is 0 Å². The van der Waals surface area contributed by atoms with Gasteiger partial charge < -0.3 is 14.1 Å². The van der Waals surface area contributed by atoms with Crippen molar-refractivity contribution in [1.29, 1.82) is 0 Å². The SMILES string of the molecule is Cc1nnc(N2CCN(C3(N(C)C)CO3)CC2)o1. The molecule has 0 aromatic carbocycles. The number of aryl methyl sites for hydroxylation is 1. The Balaban J connectivity index is 1.62. The standard InChI is InChI=1S/C11H19N5O2/c1-9-12-13-10(18-9)15-4-6-16(7-5-15)11(8-17-11)14(2)3/h4-8H2,1-3H3. The Morgan fingerprint density at radius 3 is 2.28 bits per heavy atom. The number of hydrogen-bond donors (Lipinski definition) is 0. The molecule has 7 heteroatoms. The molecule has 3 rings (SSSR count). The summed E-state index contributed by atoms with van der Waals surface area (Å²) in [5, 5.41) is 7.92. The lowest BCUT2D eigenvalue weighted by atomic mass is 10.3. The predicted octanol–water partition coefficient (Wildman–Crippen LogP) is -0.254. The summed E-state index contributed by atoms with van der Waals surface area (Å²) in [4.78, 5) is 6.63. The second-order valence-corrected chi connectivity index (χ2v) is 5.00. The van der Waals surface area contributed by atoms with E-state index in [0.29, 0.717) is 11.9 Å². The van der Waals surface area contributed by atoms with Crippen LogP contribution in [0.25, 0.3) is 0 Å². The molecule has 0 saturated carbocycles. The van der Waals surface area contributed by atoms with Crippen LogP contribution in [0.15, 0.2) is 4.42 Å². The van der Waals surface area contributed by atoms with Crippen molar-refractivity contribution in [3.05, 3.63) is 5.89 Å². The Hall–Kier alpha value is -1.18. The van der Waals surface area contributed by atoms with Gasteiger partial charge in [-0.3, -0.25) is 9.80 Å². The van der Waals surface area contributed by atoms with E-state index in [1.165, 1.54) is 0 Å². The minimum absolute atomic E-state index is 0.170. The van der Waals surface area contributed by atoms with E-state index in [1.54, 1.807) is 0 Å². The van der Waals surface area contributed by atoms with Crippen LogP contribution < -0.4 is 4.90 Å². The van der Waals surface area contributed by atoms with Gasteiger partial charge in [0, 0.05) is 33.1 Å². The molecular formula is C11H19N5O2. The van der Waals surface area contributed by atoms with Gasteiger partial charge in [-0.15, -0.1) is 5.10 Å². The van der Waals surface area contributed by atoms with Gasteiger partial charge in [-0.1, -0.05) is 5.10 Å². The molecule has 0 amide bonds. The topological polar surface area (TPSA) is 61.2 Å². The maximum Gasteiger partial charge on any atom is 0.318 e. The first kappa shape index (κ1) is 11.9. The normalized spacial score (nSPS) is 29.0. The summed E-state index contributed by atoms with van der Waals surface area (Å²) in [5.41, 5.74) is 0. The van der Waals surface area contributed by atoms with E-state index in [2.05, 4.69) is 39.0 Å². The molecule has 2 saturated heterocycles. The lowest BCUT2D eigenvalue weighted by Gasteiger charge is -2.39. The van der Waals surface area contributed by atoms with Crippen molar-refractivity contribution in [1.82, 2.24) is 20.0 Å². The van der Waals surface area contributed by atoms with Crippen LogP contribution in [0.2, 0.25) is 0 Å². The molecule has 18 heavy (non-hydrogen) atoms. The van der Waals surface area contributed by atoms with E-state index in [1.807, 2.05) is 6.92 Å². The molecule has 0 radical (unpaired) electrons. The van der Waals surface area contributed by atoms with E-state index in [4.69, 9.17) is 9.15 Å². The summed E-state index contributed by atoms with van der Waals surface area (Å²) >= 11 is 0. The monoisotopic (exact) mass is 253 g/mol. The molecule has 0 N–H and O–H groups in total. The number of nitrogens with zero attached hydrogens (tertiary/aromatic N) is 5. The van der Waals surface area contributed by atoms with Gasteiger partial charge in [-0.05, 0) is 14.1 Å². The Kier molecular flexibility index (Phi) is 2.76. The zero-order chi connectivity index (χ0) is 12.8. The first-order chi connectivity index (χ1) is 8.62. The number of rotatable bonds is 3. The molecule has 0 spiro atoms. The average Bonchev–Trinajstić information content (AvgIpc) is 3.07. The fourth-order valence-corrected chi connectivity index (χ4v) is 2.45. The molecule has 2 fully saturated rings. The third-order valence-electron chi connectivity index (χ3n) is 3.66. The van der Waals surface area contributed by atoms with Gasteiger partial charge in [0.1, 0.15) is 6.61 Å². The highest BCUT2D eigenvalue weighted by atomic mass is 16.6. The molecule has 1 atom stereocenters. The highest BCUT2D eigenvalue weighted by Crippen LogP contribution is 2.34. The minimum Gasteiger partial charge on any atom is -0.408 e. The van der Waals surface area contributed by atoms with Gasteiger partial charge in [0.15, 0.2) is 0 Å². The maximum absolute atomic E-state index is 5.62. The molecule has 0 aliphatic carbocycles. The number of anilines is 1. The van der Waals surface area contributed by atoms with Crippen LogP contribution in [-0.4, -0.2) is 72.7 Å². The molecule has 1 aromatic rings. The second kappa shape index (κ2) is 4.18. The molecule has 3 heterocycles. The van der Waals surface area contributed by atoms with Crippen molar-refractivity contribution in [3.63, 3.8) is 0 Å². The van der Waals surface area contributed by atoms with Crippen LogP contribution in [0.1, 0.15) is 5.89 Å². The molecule has 2 aliphatic heterocycles. The van der Waals surface area contributed by atoms with E-state index >= 15 is 0 Å². The van der Waals surface area contributed by atoms with Crippen molar-refractivity contribution in [3.8, 4) is 0 Å². The highest BCUT2D eigenvalue weighted by molar-refractivity contribution is 5.25. The van der Waals surface area contributed by atoms with Gasteiger partial charge in [0.05, 0.1) is 0 Å². The Labute approximate surface area is 106 Å². The Morgan fingerprint density at radius 2 is 1.83 bits per heavy atom. The lowest BCUT2D eigenvalue weighted by Crippen LogP contribution is -2.57. The van der Waals surface area contributed by atoms with E-state index in [9.17, 15) is 0 Å². The zero-order valence-corrected chi connectivity index (χ0v) is 11.1. The van der Waals surface area contributed by atoms with Crippen molar-refractivity contribution in [2.45, 2.75) is 12.8 Å². The number of aromatic nitrogens is 2. The first-order valence-corrected chi connectivity index (χ1v) is 6.23. The van der Waals surface area contributed by atoms with E-state index in [0.717, 1.165) is 32.8 Å². The Bertz CT molecular complexity index is 421. The van der Waals surface area contributed by atoms with Gasteiger partial charge in [0.25, 0.3) is 0 Å². The third kappa shape index (κ3) is 1.88. The van der Waals surface area contributed by atoms with Gasteiger partial charge >= 0.3 is 6.01 Å². The van der Waals surface area contributed by atoms with Crippen molar-refractivity contribution >= 4 is 6.01 Å². The van der Waals surface area contributed by atoms with Gasteiger partial charge in [0.2, 0.25) is 11.7 Å². The first-order valence-electron chi connectivity index (χ1n) is 6.23. The van der Waals surface area contributed by atoms with E-state index in [-0.39, 0.29) is 5.85 Å². The largest absolute Gasteiger partial charge is 0.408 e. The molecule has 1 unspecified atom stereocenters. The summed E-state index contributed by atoms with van der Waals surface area (Å²) < 4.78 is 11.1. The Morgan fingerprint density at radius 1 is 1.17 bits per heavy atom. The van der Waals surface area contributed by atoms with Crippen molar-refractivity contribution in [2.24, 2.45) is 0 Å². The smallest absolute Gasteiger partial charge is 0.318 e. The summed E-state index contributed by atoms with van der Waals surface area (Å²) in [6, 6.07) is 0.628. The zero-order valence-electron chi connectivity index (χ0n) is 11.1. The van der Waals surface area contributed by atoms with Crippen LogP contribution in [0, 0.1) is 6.92 Å². The highest BCUT2D eigenvalue weighted by Gasteiger charge is 2.53. The van der Waals surface area contributed by atoms with Crippen LogP contribution in [-0.2, 0) is 4.74 Å². The quantitative estimate of drug-likeness (QED) is 0.688. The van der Waals surface area contributed by atoms with Crippen LogP contribution in [0.4, 0.5) is 6.01 Å². The lowest BCUT2D eigenvalue weighted by molar-refractivity contribution is -0.0333. The third-order valence-corrected chi connectivity index (χ3v) is 3.66. The van der Waals surface area contributed by atoms with Crippen LogP contribution in [0.5, 0.6) is 0 Å². The van der Waals surface area contributed by atoms with E-state index < -0.39 is 0 Å². The summed E-state index contributed by atoms with van der Waals surface area (Å²) in [6.45, 7) is 6.27. The number of epoxide rings is 1. The van der Waals surface area contributed by atoms with Gasteiger partial charge in [-0.2, -0.15) is 0 Å². The average molecular weight is 253 g/mol. The number of hydrogen-bond acceptors (Lipinski definition) is 7.